The Balaban J connectivity index is 2.32. The zero-order chi connectivity index (χ0) is 12.4. The summed E-state index contributed by atoms with van der Waals surface area (Å²) in [5, 5.41) is 10.6. The highest BCUT2D eigenvalue weighted by atomic mass is 15.1. The third kappa shape index (κ3) is 1.75. The number of hydrogen-bond donors (Lipinski definition) is 1. The molecule has 1 heterocycles. The number of hydrogen-bond acceptors (Lipinski definition) is 3. The Hall–Kier alpha value is -2.26. The van der Waals surface area contributed by atoms with Crippen molar-refractivity contribution in [1.82, 2.24) is 10.2 Å². The van der Waals surface area contributed by atoms with Gasteiger partial charge in [0.05, 0.1) is 6.20 Å². The highest BCUT2D eigenvalue weighted by Crippen LogP contribution is 2.27. The molecule has 0 unspecified atom stereocenters. The quantitative estimate of drug-likeness (QED) is 0.743. The molecule has 0 aliphatic heterocycles. The fourth-order valence-electron chi connectivity index (χ4n) is 2.16. The van der Waals surface area contributed by atoms with Crippen LogP contribution >= 0.6 is 0 Å². The van der Waals surface area contributed by atoms with E-state index in [4.69, 9.17) is 5.73 Å². The van der Waals surface area contributed by atoms with E-state index in [1.807, 2.05) is 42.5 Å². The van der Waals surface area contributed by atoms with Gasteiger partial charge in [-0.25, -0.2) is 0 Å². The SMILES string of the molecule is NCc1ccccc1-c1nncc2ccccc12. The summed E-state index contributed by atoms with van der Waals surface area (Å²) in [4.78, 5) is 0. The molecule has 2 aromatic carbocycles. The topological polar surface area (TPSA) is 51.8 Å². The van der Waals surface area contributed by atoms with Crippen molar-refractivity contribution in [2.75, 3.05) is 0 Å². The van der Waals surface area contributed by atoms with Crippen molar-refractivity contribution in [3.63, 3.8) is 0 Å². The van der Waals surface area contributed by atoms with Crippen LogP contribution in [-0.2, 0) is 6.54 Å². The summed E-state index contributed by atoms with van der Waals surface area (Å²) in [6.07, 6.45) is 1.78. The molecule has 0 spiro atoms. The zero-order valence-corrected chi connectivity index (χ0v) is 9.88. The van der Waals surface area contributed by atoms with E-state index >= 15 is 0 Å². The standard InChI is InChI=1S/C15H13N3/c16-9-11-5-1-3-7-13(11)15-14-8-4-2-6-12(14)10-17-18-15/h1-8,10H,9,16H2. The van der Waals surface area contributed by atoms with Crippen LogP contribution in [0.1, 0.15) is 5.56 Å². The minimum Gasteiger partial charge on any atom is -0.326 e. The molecule has 18 heavy (non-hydrogen) atoms. The number of rotatable bonds is 2. The van der Waals surface area contributed by atoms with Crippen molar-refractivity contribution in [2.45, 2.75) is 6.54 Å². The van der Waals surface area contributed by atoms with Gasteiger partial charge in [-0.1, -0.05) is 48.5 Å². The molecule has 0 aliphatic rings. The van der Waals surface area contributed by atoms with Gasteiger partial charge < -0.3 is 5.73 Å². The second-order valence-corrected chi connectivity index (χ2v) is 4.14. The highest BCUT2D eigenvalue weighted by molar-refractivity contribution is 5.94. The largest absolute Gasteiger partial charge is 0.326 e. The lowest BCUT2D eigenvalue weighted by molar-refractivity contribution is 1.03. The van der Waals surface area contributed by atoms with Gasteiger partial charge in [0.25, 0.3) is 0 Å². The molecular formula is C15H13N3. The third-order valence-electron chi connectivity index (χ3n) is 3.06. The summed E-state index contributed by atoms with van der Waals surface area (Å²) < 4.78 is 0. The average Bonchev–Trinajstić information content (AvgIpc) is 2.46. The first kappa shape index (κ1) is 10.9. The van der Waals surface area contributed by atoms with E-state index in [-0.39, 0.29) is 0 Å². The monoisotopic (exact) mass is 235 g/mol. The van der Waals surface area contributed by atoms with Crippen LogP contribution < -0.4 is 5.73 Å². The fraction of sp³-hybridized carbons (Fsp3) is 0.0667. The summed E-state index contributed by atoms with van der Waals surface area (Å²) in [5.41, 5.74) is 8.83. The first-order valence-electron chi connectivity index (χ1n) is 5.89. The Morgan fingerprint density at radius 3 is 2.61 bits per heavy atom. The van der Waals surface area contributed by atoms with Crippen LogP contribution in [0.5, 0.6) is 0 Å². The molecule has 2 N–H and O–H groups in total. The predicted octanol–water partition coefficient (Wildman–Crippen LogP) is 2.76. The minimum atomic E-state index is 0.501. The molecule has 0 aliphatic carbocycles. The lowest BCUT2D eigenvalue weighted by Gasteiger charge is -2.08. The molecule has 1 aromatic heterocycles. The molecule has 3 heteroatoms. The van der Waals surface area contributed by atoms with Crippen molar-refractivity contribution in [2.24, 2.45) is 5.73 Å². The molecule has 0 radical (unpaired) electrons. The van der Waals surface area contributed by atoms with Gasteiger partial charge in [0, 0.05) is 22.9 Å². The first-order valence-corrected chi connectivity index (χ1v) is 5.89. The van der Waals surface area contributed by atoms with Crippen LogP contribution in [0.25, 0.3) is 22.0 Å². The van der Waals surface area contributed by atoms with Crippen molar-refractivity contribution in [3.8, 4) is 11.3 Å². The summed E-state index contributed by atoms with van der Waals surface area (Å²) in [6.45, 7) is 0.501. The summed E-state index contributed by atoms with van der Waals surface area (Å²) >= 11 is 0. The smallest absolute Gasteiger partial charge is 0.101 e. The Morgan fingerprint density at radius 2 is 1.72 bits per heavy atom. The molecule has 0 saturated heterocycles. The van der Waals surface area contributed by atoms with Crippen molar-refractivity contribution < 1.29 is 0 Å². The lowest BCUT2D eigenvalue weighted by atomic mass is 10.0. The van der Waals surface area contributed by atoms with Crippen LogP contribution in [0.4, 0.5) is 0 Å². The summed E-state index contributed by atoms with van der Waals surface area (Å²) in [7, 11) is 0. The second kappa shape index (κ2) is 4.55. The maximum Gasteiger partial charge on any atom is 0.101 e. The van der Waals surface area contributed by atoms with Crippen LogP contribution in [0.2, 0.25) is 0 Å². The molecule has 0 fully saturated rings. The predicted molar refractivity (Wildman–Crippen MR) is 72.9 cm³/mol. The Labute approximate surface area is 105 Å². The normalized spacial score (nSPS) is 10.7. The molecule has 3 nitrogen and oxygen atoms in total. The van der Waals surface area contributed by atoms with E-state index in [2.05, 4.69) is 16.3 Å². The fourth-order valence-corrected chi connectivity index (χ4v) is 2.16. The number of aromatic nitrogens is 2. The molecule has 3 aromatic rings. The summed E-state index contributed by atoms with van der Waals surface area (Å²) in [6, 6.07) is 16.2. The maximum absolute atomic E-state index is 5.78. The minimum absolute atomic E-state index is 0.501. The van der Waals surface area contributed by atoms with Gasteiger partial charge in [-0.2, -0.15) is 5.10 Å². The Morgan fingerprint density at radius 1 is 0.944 bits per heavy atom. The van der Waals surface area contributed by atoms with E-state index < -0.39 is 0 Å². The van der Waals surface area contributed by atoms with Crippen LogP contribution in [0.3, 0.4) is 0 Å². The van der Waals surface area contributed by atoms with E-state index in [9.17, 15) is 0 Å². The van der Waals surface area contributed by atoms with Crippen LogP contribution in [0.15, 0.2) is 54.7 Å². The highest BCUT2D eigenvalue weighted by Gasteiger charge is 2.08. The van der Waals surface area contributed by atoms with Crippen molar-refractivity contribution in [1.29, 1.82) is 0 Å². The van der Waals surface area contributed by atoms with Gasteiger partial charge >= 0.3 is 0 Å². The summed E-state index contributed by atoms with van der Waals surface area (Å²) in [5.74, 6) is 0. The average molecular weight is 235 g/mol. The van der Waals surface area contributed by atoms with Gasteiger partial charge in [0.15, 0.2) is 0 Å². The van der Waals surface area contributed by atoms with E-state index in [1.165, 1.54) is 0 Å². The molecular weight excluding hydrogens is 222 g/mol. The van der Waals surface area contributed by atoms with Crippen LogP contribution in [0, 0.1) is 0 Å². The van der Waals surface area contributed by atoms with Gasteiger partial charge in [-0.15, -0.1) is 5.10 Å². The van der Waals surface area contributed by atoms with Crippen molar-refractivity contribution >= 4 is 10.8 Å². The number of fused-ring (bicyclic) bond motifs is 1. The zero-order valence-electron chi connectivity index (χ0n) is 9.88. The molecule has 0 bridgehead atoms. The molecule has 0 amide bonds. The van der Waals surface area contributed by atoms with Gasteiger partial charge in [-0.3, -0.25) is 0 Å². The van der Waals surface area contributed by atoms with Gasteiger partial charge in [0.2, 0.25) is 0 Å². The van der Waals surface area contributed by atoms with Crippen molar-refractivity contribution in [3.05, 3.63) is 60.3 Å². The van der Waals surface area contributed by atoms with Gasteiger partial charge in [0.1, 0.15) is 5.69 Å². The first-order chi connectivity index (χ1) is 8.90. The van der Waals surface area contributed by atoms with E-state index in [0.717, 1.165) is 27.6 Å². The Bertz CT molecular complexity index is 687. The third-order valence-corrected chi connectivity index (χ3v) is 3.06. The van der Waals surface area contributed by atoms with E-state index in [1.54, 1.807) is 6.20 Å². The lowest BCUT2D eigenvalue weighted by Crippen LogP contribution is -2.00. The Kier molecular flexibility index (Phi) is 2.74. The number of nitrogens with two attached hydrogens (primary N) is 1. The van der Waals surface area contributed by atoms with Crippen LogP contribution in [-0.4, -0.2) is 10.2 Å². The molecule has 88 valence electrons. The molecule has 3 rings (SSSR count). The van der Waals surface area contributed by atoms with E-state index in [0.29, 0.717) is 6.54 Å². The second-order valence-electron chi connectivity index (χ2n) is 4.14. The number of benzene rings is 2. The number of nitrogens with zero attached hydrogens (tertiary/aromatic N) is 2. The molecule has 0 saturated carbocycles. The maximum atomic E-state index is 5.78. The van der Waals surface area contributed by atoms with Gasteiger partial charge in [-0.05, 0) is 5.56 Å². The molecule has 0 atom stereocenters.